The van der Waals surface area contributed by atoms with E-state index in [-0.39, 0.29) is 11.3 Å². The van der Waals surface area contributed by atoms with Gasteiger partial charge in [-0.1, -0.05) is 29.8 Å². The van der Waals surface area contributed by atoms with Crippen LogP contribution in [0.25, 0.3) is 0 Å². The second kappa shape index (κ2) is 4.46. The fourth-order valence-corrected chi connectivity index (χ4v) is 1.88. The molecule has 1 fully saturated rings. The minimum atomic E-state index is -1.39. The number of aryl methyl sites for hydroxylation is 1. The molecule has 0 unspecified atom stereocenters. The maximum Gasteiger partial charge on any atom is 0.227 e. The molecule has 0 spiro atoms. The van der Waals surface area contributed by atoms with E-state index in [9.17, 15) is 5.26 Å². The Labute approximate surface area is 110 Å². The van der Waals surface area contributed by atoms with Crippen LogP contribution in [0.15, 0.2) is 35.5 Å². The molecule has 92 valence electrons. The predicted molar refractivity (Wildman–Crippen MR) is 65.8 cm³/mol. The zero-order chi connectivity index (χ0) is 14.0. The lowest BCUT2D eigenvalue weighted by Gasteiger charge is -2.04. The lowest BCUT2D eigenvalue weighted by Crippen LogP contribution is -2.22. The number of nitrogens with two attached hydrogens (primary N) is 1. The van der Waals surface area contributed by atoms with Crippen molar-refractivity contribution in [3.05, 3.63) is 46.7 Å². The lowest BCUT2D eigenvalue weighted by atomic mass is 9.95. The first kappa shape index (κ1) is 12.6. The molecular weight excluding hydrogens is 240 g/mol. The van der Waals surface area contributed by atoms with Gasteiger partial charge in [0.2, 0.25) is 5.60 Å². The summed E-state index contributed by atoms with van der Waals surface area (Å²) in [5.74, 6) is 0. The van der Waals surface area contributed by atoms with Crippen molar-refractivity contribution in [2.75, 3.05) is 0 Å². The second-order valence-electron chi connectivity index (χ2n) is 4.27. The summed E-state index contributed by atoms with van der Waals surface area (Å²) in [5, 5.41) is 26.8. The van der Waals surface area contributed by atoms with Gasteiger partial charge >= 0.3 is 0 Å². The first-order chi connectivity index (χ1) is 9.08. The molecule has 5 heteroatoms. The normalized spacial score (nSPS) is 23.6. The molecule has 0 aliphatic carbocycles. The minimum Gasteiger partial charge on any atom is -0.397 e. The Hall–Kier alpha value is -2.81. The van der Waals surface area contributed by atoms with E-state index in [0.29, 0.717) is 0 Å². The molecular formula is C14H10N4O. The van der Waals surface area contributed by atoms with E-state index in [4.69, 9.17) is 21.0 Å². The van der Waals surface area contributed by atoms with Gasteiger partial charge in [0.25, 0.3) is 0 Å². The van der Waals surface area contributed by atoms with Gasteiger partial charge in [-0.25, -0.2) is 0 Å². The second-order valence-corrected chi connectivity index (χ2v) is 4.27. The Morgan fingerprint density at radius 1 is 1.21 bits per heavy atom. The molecule has 1 heterocycles. The van der Waals surface area contributed by atoms with Crippen molar-refractivity contribution in [3.8, 4) is 18.2 Å². The SMILES string of the molecule is Cc1ccc([C@@H]2O[C@@]2(C#N)C(N)=C(C#N)C#N)cc1. The average Bonchev–Trinajstić information content (AvgIpc) is 3.17. The van der Waals surface area contributed by atoms with E-state index in [1.807, 2.05) is 37.3 Å². The van der Waals surface area contributed by atoms with Crippen LogP contribution in [0.5, 0.6) is 0 Å². The maximum absolute atomic E-state index is 9.25. The Bertz CT molecular complexity index is 653. The van der Waals surface area contributed by atoms with Crippen LogP contribution in [0.4, 0.5) is 0 Å². The van der Waals surface area contributed by atoms with E-state index in [1.165, 1.54) is 0 Å². The van der Waals surface area contributed by atoms with Crippen LogP contribution in [-0.2, 0) is 4.74 Å². The van der Waals surface area contributed by atoms with Gasteiger partial charge < -0.3 is 10.5 Å². The number of nitriles is 3. The zero-order valence-corrected chi connectivity index (χ0v) is 10.2. The Kier molecular flexibility index (Phi) is 2.97. The molecule has 2 atom stereocenters. The van der Waals surface area contributed by atoms with Crippen molar-refractivity contribution in [2.24, 2.45) is 5.73 Å². The fraction of sp³-hybridized carbons (Fsp3) is 0.214. The predicted octanol–water partition coefficient (Wildman–Crippen LogP) is 1.59. The number of rotatable bonds is 2. The molecule has 1 aromatic carbocycles. The van der Waals surface area contributed by atoms with Crippen LogP contribution in [0.2, 0.25) is 0 Å². The molecule has 1 saturated heterocycles. The lowest BCUT2D eigenvalue weighted by molar-refractivity contribution is 0.356. The summed E-state index contributed by atoms with van der Waals surface area (Å²) >= 11 is 0. The molecule has 2 rings (SSSR count). The monoisotopic (exact) mass is 250 g/mol. The Morgan fingerprint density at radius 2 is 1.79 bits per heavy atom. The van der Waals surface area contributed by atoms with Crippen LogP contribution < -0.4 is 5.73 Å². The summed E-state index contributed by atoms with van der Waals surface area (Å²) in [6, 6.07) is 12.8. The van der Waals surface area contributed by atoms with E-state index in [0.717, 1.165) is 11.1 Å². The van der Waals surface area contributed by atoms with E-state index in [1.54, 1.807) is 12.1 Å². The third-order valence-electron chi connectivity index (χ3n) is 3.06. The maximum atomic E-state index is 9.25. The highest BCUT2D eigenvalue weighted by molar-refractivity contribution is 5.51. The summed E-state index contributed by atoms with van der Waals surface area (Å²) in [6.07, 6.45) is -0.533. The van der Waals surface area contributed by atoms with Crippen molar-refractivity contribution in [1.29, 1.82) is 15.8 Å². The number of benzene rings is 1. The zero-order valence-electron chi connectivity index (χ0n) is 10.2. The number of nitrogens with zero attached hydrogens (tertiary/aromatic N) is 3. The van der Waals surface area contributed by atoms with Gasteiger partial charge in [0.15, 0.2) is 5.57 Å². The molecule has 1 aliphatic heterocycles. The molecule has 1 aliphatic rings. The van der Waals surface area contributed by atoms with Gasteiger partial charge in [0.05, 0.1) is 5.70 Å². The minimum absolute atomic E-state index is 0.120. The van der Waals surface area contributed by atoms with Gasteiger partial charge in [0.1, 0.15) is 24.3 Å². The van der Waals surface area contributed by atoms with Gasteiger partial charge in [0, 0.05) is 0 Å². The highest BCUT2D eigenvalue weighted by Gasteiger charge is 2.61. The van der Waals surface area contributed by atoms with Crippen molar-refractivity contribution >= 4 is 0 Å². The summed E-state index contributed by atoms with van der Waals surface area (Å²) < 4.78 is 5.38. The quantitative estimate of drug-likeness (QED) is 0.633. The summed E-state index contributed by atoms with van der Waals surface area (Å²) in [5.41, 5.74) is 5.83. The van der Waals surface area contributed by atoms with E-state index < -0.39 is 11.7 Å². The number of hydrogen-bond donors (Lipinski definition) is 1. The van der Waals surface area contributed by atoms with Crippen LogP contribution in [0, 0.1) is 40.9 Å². The molecule has 0 bridgehead atoms. The number of ether oxygens (including phenoxy) is 1. The standard InChI is InChI=1S/C14H10N4O/c1-9-2-4-10(5-3-9)13-14(8-17,19-13)12(18)11(6-15)7-16/h2-5,13H,18H2,1H3/t13-,14-/m0/s1. The van der Waals surface area contributed by atoms with Gasteiger partial charge in [-0.15, -0.1) is 0 Å². The topological polar surface area (TPSA) is 110 Å². The molecule has 19 heavy (non-hydrogen) atoms. The van der Waals surface area contributed by atoms with E-state index >= 15 is 0 Å². The summed E-state index contributed by atoms with van der Waals surface area (Å²) in [7, 11) is 0. The number of hydrogen-bond acceptors (Lipinski definition) is 5. The van der Waals surface area contributed by atoms with Gasteiger partial charge in [-0.3, -0.25) is 0 Å². The Balaban J connectivity index is 2.40. The number of allylic oxidation sites excluding steroid dienone is 1. The van der Waals surface area contributed by atoms with E-state index in [2.05, 4.69) is 0 Å². The van der Waals surface area contributed by atoms with Crippen LogP contribution >= 0.6 is 0 Å². The van der Waals surface area contributed by atoms with Crippen molar-refractivity contribution in [1.82, 2.24) is 0 Å². The van der Waals surface area contributed by atoms with Gasteiger partial charge in [-0.05, 0) is 12.5 Å². The van der Waals surface area contributed by atoms with Crippen molar-refractivity contribution in [2.45, 2.75) is 18.6 Å². The highest BCUT2D eigenvalue weighted by atomic mass is 16.6. The van der Waals surface area contributed by atoms with Crippen LogP contribution in [0.3, 0.4) is 0 Å². The molecule has 2 N–H and O–H groups in total. The largest absolute Gasteiger partial charge is 0.397 e. The third kappa shape index (κ3) is 1.91. The highest BCUT2D eigenvalue weighted by Crippen LogP contribution is 2.53. The molecule has 0 aromatic heterocycles. The Morgan fingerprint density at radius 3 is 2.26 bits per heavy atom. The molecule has 5 nitrogen and oxygen atoms in total. The third-order valence-corrected chi connectivity index (χ3v) is 3.06. The first-order valence-corrected chi connectivity index (χ1v) is 5.55. The average molecular weight is 250 g/mol. The van der Waals surface area contributed by atoms with Crippen LogP contribution in [-0.4, -0.2) is 5.60 Å². The smallest absolute Gasteiger partial charge is 0.227 e. The molecule has 0 radical (unpaired) electrons. The molecule has 0 saturated carbocycles. The van der Waals surface area contributed by atoms with Gasteiger partial charge in [-0.2, -0.15) is 15.8 Å². The molecule has 1 aromatic rings. The van der Waals surface area contributed by atoms with Crippen LogP contribution in [0.1, 0.15) is 17.2 Å². The first-order valence-electron chi connectivity index (χ1n) is 5.55. The number of epoxide rings is 1. The fourth-order valence-electron chi connectivity index (χ4n) is 1.88. The van der Waals surface area contributed by atoms with Crippen molar-refractivity contribution in [3.63, 3.8) is 0 Å². The molecule has 0 amide bonds. The summed E-state index contributed by atoms with van der Waals surface area (Å²) in [4.78, 5) is 0. The van der Waals surface area contributed by atoms with Crippen molar-refractivity contribution < 1.29 is 4.74 Å². The summed E-state index contributed by atoms with van der Waals surface area (Å²) in [6.45, 7) is 1.95.